The van der Waals surface area contributed by atoms with Crippen molar-refractivity contribution in [1.29, 1.82) is 0 Å². The van der Waals surface area contributed by atoms with Gasteiger partial charge in [-0.05, 0) is 30.0 Å². The SMILES string of the molecule is CCc1ccc(N)cc1S(=O)(=O)N(CC)CC(C)CC. The van der Waals surface area contributed by atoms with Crippen molar-refractivity contribution < 1.29 is 8.42 Å². The van der Waals surface area contributed by atoms with E-state index in [2.05, 4.69) is 13.8 Å². The van der Waals surface area contributed by atoms with Crippen LogP contribution < -0.4 is 5.73 Å². The lowest BCUT2D eigenvalue weighted by Crippen LogP contribution is -2.35. The lowest BCUT2D eigenvalue weighted by molar-refractivity contribution is 0.361. The maximum absolute atomic E-state index is 12.8. The van der Waals surface area contributed by atoms with E-state index in [4.69, 9.17) is 5.73 Å². The van der Waals surface area contributed by atoms with E-state index in [1.807, 2.05) is 13.8 Å². The summed E-state index contributed by atoms with van der Waals surface area (Å²) < 4.78 is 27.2. The Morgan fingerprint density at radius 1 is 1.25 bits per heavy atom. The molecule has 0 aliphatic heterocycles. The van der Waals surface area contributed by atoms with Gasteiger partial charge in [0.1, 0.15) is 0 Å². The van der Waals surface area contributed by atoms with Gasteiger partial charge in [-0.3, -0.25) is 0 Å². The van der Waals surface area contributed by atoms with Gasteiger partial charge in [0, 0.05) is 18.8 Å². The molecule has 114 valence electrons. The molecule has 0 spiro atoms. The zero-order chi connectivity index (χ0) is 15.3. The van der Waals surface area contributed by atoms with Crippen LogP contribution in [-0.4, -0.2) is 25.8 Å². The van der Waals surface area contributed by atoms with Crippen LogP contribution in [0.2, 0.25) is 0 Å². The largest absolute Gasteiger partial charge is 0.399 e. The van der Waals surface area contributed by atoms with Crippen LogP contribution in [0.1, 0.15) is 39.7 Å². The minimum absolute atomic E-state index is 0.343. The lowest BCUT2D eigenvalue weighted by atomic mass is 10.1. The molecule has 1 atom stereocenters. The molecule has 0 fully saturated rings. The van der Waals surface area contributed by atoms with Crippen molar-refractivity contribution >= 4 is 15.7 Å². The Labute approximate surface area is 123 Å². The molecular formula is C15H26N2O2S. The summed E-state index contributed by atoms with van der Waals surface area (Å²) in [7, 11) is -3.47. The molecule has 0 bridgehead atoms. The summed E-state index contributed by atoms with van der Waals surface area (Å²) in [6.07, 6.45) is 1.64. The number of aryl methyl sites for hydroxylation is 1. The molecule has 5 heteroatoms. The summed E-state index contributed by atoms with van der Waals surface area (Å²) in [5.74, 6) is 0.343. The third-order valence-electron chi connectivity index (χ3n) is 3.65. The third kappa shape index (κ3) is 3.73. The van der Waals surface area contributed by atoms with Crippen LogP contribution in [0.4, 0.5) is 5.69 Å². The van der Waals surface area contributed by atoms with E-state index < -0.39 is 10.0 Å². The van der Waals surface area contributed by atoms with Gasteiger partial charge < -0.3 is 5.73 Å². The van der Waals surface area contributed by atoms with Gasteiger partial charge in [0.05, 0.1) is 4.90 Å². The topological polar surface area (TPSA) is 63.4 Å². The molecule has 0 saturated heterocycles. The zero-order valence-electron chi connectivity index (χ0n) is 12.9. The van der Waals surface area contributed by atoms with Crippen LogP contribution >= 0.6 is 0 Å². The lowest BCUT2D eigenvalue weighted by Gasteiger charge is -2.24. The Hall–Kier alpha value is -1.07. The Kier molecular flexibility index (Phi) is 6.02. The molecule has 0 aliphatic carbocycles. The molecule has 0 aromatic heterocycles. The maximum atomic E-state index is 12.8. The third-order valence-corrected chi connectivity index (χ3v) is 5.68. The Balaban J connectivity index is 3.23. The molecule has 4 nitrogen and oxygen atoms in total. The molecule has 1 aromatic carbocycles. The Morgan fingerprint density at radius 3 is 2.40 bits per heavy atom. The van der Waals surface area contributed by atoms with E-state index in [9.17, 15) is 8.42 Å². The summed E-state index contributed by atoms with van der Waals surface area (Å²) >= 11 is 0. The van der Waals surface area contributed by atoms with Gasteiger partial charge in [-0.15, -0.1) is 0 Å². The molecule has 1 unspecified atom stereocenters. The van der Waals surface area contributed by atoms with Gasteiger partial charge in [0.25, 0.3) is 0 Å². The smallest absolute Gasteiger partial charge is 0.243 e. The average molecular weight is 298 g/mol. The summed E-state index contributed by atoms with van der Waals surface area (Å²) in [6.45, 7) is 8.99. The predicted octanol–water partition coefficient (Wildman–Crippen LogP) is 2.89. The second-order valence-electron chi connectivity index (χ2n) is 5.19. The Bertz CT molecular complexity index is 541. The van der Waals surface area contributed by atoms with Crippen molar-refractivity contribution in [2.75, 3.05) is 18.8 Å². The second kappa shape index (κ2) is 7.09. The van der Waals surface area contributed by atoms with Crippen LogP contribution in [0.3, 0.4) is 0 Å². The maximum Gasteiger partial charge on any atom is 0.243 e. The summed E-state index contributed by atoms with van der Waals surface area (Å²) in [6, 6.07) is 5.13. The van der Waals surface area contributed by atoms with E-state index in [-0.39, 0.29) is 0 Å². The molecule has 1 aromatic rings. The van der Waals surface area contributed by atoms with E-state index in [1.165, 1.54) is 0 Å². The normalized spacial score (nSPS) is 13.7. The van der Waals surface area contributed by atoms with E-state index in [1.54, 1.807) is 22.5 Å². The first kappa shape index (κ1) is 17.0. The van der Waals surface area contributed by atoms with Crippen LogP contribution in [-0.2, 0) is 16.4 Å². The number of rotatable bonds is 7. The van der Waals surface area contributed by atoms with Crippen molar-refractivity contribution in [2.24, 2.45) is 5.92 Å². The number of sulfonamides is 1. The van der Waals surface area contributed by atoms with Crippen molar-refractivity contribution in [3.8, 4) is 0 Å². The van der Waals surface area contributed by atoms with Crippen molar-refractivity contribution in [3.05, 3.63) is 23.8 Å². The van der Waals surface area contributed by atoms with Gasteiger partial charge in [0.2, 0.25) is 10.0 Å². The molecule has 0 heterocycles. The standard InChI is InChI=1S/C15H26N2O2S/c1-5-12(4)11-17(7-3)20(18,19)15-10-14(16)9-8-13(15)6-2/h8-10,12H,5-7,11,16H2,1-4H3. The van der Waals surface area contributed by atoms with Crippen LogP contribution in [0.15, 0.2) is 23.1 Å². The van der Waals surface area contributed by atoms with Crippen LogP contribution in [0, 0.1) is 5.92 Å². The van der Waals surface area contributed by atoms with Gasteiger partial charge in [-0.2, -0.15) is 4.31 Å². The van der Waals surface area contributed by atoms with Gasteiger partial charge >= 0.3 is 0 Å². The number of hydrogen-bond donors (Lipinski definition) is 1. The van der Waals surface area contributed by atoms with E-state index >= 15 is 0 Å². The van der Waals surface area contributed by atoms with Gasteiger partial charge in [-0.25, -0.2) is 8.42 Å². The van der Waals surface area contributed by atoms with Gasteiger partial charge in [0.15, 0.2) is 0 Å². The van der Waals surface area contributed by atoms with Crippen molar-refractivity contribution in [3.63, 3.8) is 0 Å². The minimum Gasteiger partial charge on any atom is -0.399 e. The molecule has 20 heavy (non-hydrogen) atoms. The van der Waals surface area contributed by atoms with Gasteiger partial charge in [-0.1, -0.05) is 40.2 Å². The molecule has 0 aliphatic rings. The number of anilines is 1. The molecule has 0 amide bonds. The number of nitrogen functional groups attached to an aromatic ring is 1. The zero-order valence-corrected chi connectivity index (χ0v) is 13.7. The summed E-state index contributed by atoms with van der Waals surface area (Å²) in [4.78, 5) is 0.352. The molecule has 0 saturated carbocycles. The highest BCUT2D eigenvalue weighted by atomic mass is 32.2. The first-order chi connectivity index (χ1) is 9.36. The highest BCUT2D eigenvalue weighted by Crippen LogP contribution is 2.24. The average Bonchev–Trinajstić information content (AvgIpc) is 2.44. The molecule has 0 radical (unpaired) electrons. The van der Waals surface area contributed by atoms with Crippen molar-refractivity contribution in [1.82, 2.24) is 4.31 Å². The van der Waals surface area contributed by atoms with Crippen molar-refractivity contribution in [2.45, 2.75) is 45.4 Å². The highest BCUT2D eigenvalue weighted by Gasteiger charge is 2.26. The summed E-state index contributed by atoms with van der Waals surface area (Å²) in [5, 5.41) is 0. The summed E-state index contributed by atoms with van der Waals surface area (Å²) in [5.41, 5.74) is 7.07. The number of nitrogens with two attached hydrogens (primary N) is 1. The fourth-order valence-corrected chi connectivity index (χ4v) is 4.01. The van der Waals surface area contributed by atoms with E-state index in [0.717, 1.165) is 12.0 Å². The van der Waals surface area contributed by atoms with E-state index in [0.29, 0.717) is 36.0 Å². The first-order valence-corrected chi connectivity index (χ1v) is 8.69. The fourth-order valence-electron chi connectivity index (χ4n) is 2.12. The van der Waals surface area contributed by atoms with Crippen LogP contribution in [0.25, 0.3) is 0 Å². The minimum atomic E-state index is -3.47. The quantitative estimate of drug-likeness (QED) is 0.787. The molecule has 1 rings (SSSR count). The fraction of sp³-hybridized carbons (Fsp3) is 0.600. The second-order valence-corrected chi connectivity index (χ2v) is 7.10. The number of hydrogen-bond acceptors (Lipinski definition) is 3. The predicted molar refractivity (Wildman–Crippen MR) is 84.1 cm³/mol. The Morgan fingerprint density at radius 2 is 1.90 bits per heavy atom. The molecular weight excluding hydrogens is 272 g/mol. The van der Waals surface area contributed by atoms with Crippen LogP contribution in [0.5, 0.6) is 0 Å². The highest BCUT2D eigenvalue weighted by molar-refractivity contribution is 7.89. The first-order valence-electron chi connectivity index (χ1n) is 7.25. The number of nitrogens with zero attached hydrogens (tertiary/aromatic N) is 1. The monoisotopic (exact) mass is 298 g/mol. The molecule has 2 N–H and O–H groups in total. The number of benzene rings is 1.